The predicted octanol–water partition coefficient (Wildman–Crippen LogP) is 1.41. The molecule has 6 heteroatoms. The molecule has 15 heavy (non-hydrogen) atoms. The summed E-state index contributed by atoms with van der Waals surface area (Å²) in [4.78, 5) is 0. The summed E-state index contributed by atoms with van der Waals surface area (Å²) in [5.41, 5.74) is 5.97. The molecule has 2 rings (SSSR count). The summed E-state index contributed by atoms with van der Waals surface area (Å²) in [6.07, 6.45) is 0. The van der Waals surface area contributed by atoms with Gasteiger partial charge in [-0.1, -0.05) is 5.10 Å². The highest BCUT2D eigenvalue weighted by Crippen LogP contribution is 2.15. The molecule has 0 amide bonds. The van der Waals surface area contributed by atoms with Crippen LogP contribution >= 0.6 is 0 Å². The number of nitrogens with two attached hydrogens (primary N) is 1. The molecule has 0 bridgehead atoms. The molecule has 0 spiro atoms. The molecule has 1 aromatic heterocycles. The molecule has 0 aliphatic rings. The fourth-order valence-electron chi connectivity index (χ4n) is 1.04. The maximum atomic E-state index is 12.6. The first-order valence-electron chi connectivity index (χ1n) is 4.33. The van der Waals surface area contributed by atoms with Crippen molar-refractivity contribution >= 4 is 11.7 Å². The summed E-state index contributed by atoms with van der Waals surface area (Å²) in [5, 5.41) is 10.2. The lowest BCUT2D eigenvalue weighted by atomic mass is 10.3. The molecule has 0 aliphatic heterocycles. The van der Waals surface area contributed by atoms with Crippen molar-refractivity contribution in [2.24, 2.45) is 5.73 Å². The second-order valence-electron chi connectivity index (χ2n) is 2.84. The Kier molecular flexibility index (Phi) is 2.59. The Balaban J connectivity index is 2.11. The van der Waals surface area contributed by atoms with Gasteiger partial charge in [-0.25, -0.2) is 4.39 Å². The highest BCUT2D eigenvalue weighted by molar-refractivity contribution is 5.51. The third kappa shape index (κ3) is 2.29. The summed E-state index contributed by atoms with van der Waals surface area (Å²) in [6, 6.07) is 6.05. The molecule has 3 N–H and O–H groups in total. The number of halogens is 1. The van der Waals surface area contributed by atoms with E-state index in [4.69, 9.17) is 10.2 Å². The van der Waals surface area contributed by atoms with Gasteiger partial charge in [0.05, 0.1) is 6.54 Å². The van der Waals surface area contributed by atoms with Crippen molar-refractivity contribution in [3.8, 4) is 0 Å². The zero-order valence-electron chi connectivity index (χ0n) is 7.77. The van der Waals surface area contributed by atoms with Crippen molar-refractivity contribution < 1.29 is 8.81 Å². The van der Waals surface area contributed by atoms with E-state index >= 15 is 0 Å². The maximum Gasteiger partial charge on any atom is 0.320 e. The van der Waals surface area contributed by atoms with Crippen LogP contribution in [-0.4, -0.2) is 10.2 Å². The van der Waals surface area contributed by atoms with E-state index in [0.29, 0.717) is 11.6 Å². The van der Waals surface area contributed by atoms with E-state index in [9.17, 15) is 4.39 Å². The number of hydrogen-bond donors (Lipinski definition) is 2. The van der Waals surface area contributed by atoms with Crippen LogP contribution in [0.25, 0.3) is 0 Å². The number of nitrogens with one attached hydrogen (secondary N) is 1. The second kappa shape index (κ2) is 4.05. The van der Waals surface area contributed by atoms with Gasteiger partial charge in [0, 0.05) is 5.69 Å². The molecular formula is C9H9FN4O. The molecular weight excluding hydrogens is 199 g/mol. The summed E-state index contributed by atoms with van der Waals surface area (Å²) in [6.45, 7) is 0.193. The van der Waals surface area contributed by atoms with Crippen molar-refractivity contribution in [1.82, 2.24) is 10.2 Å². The average Bonchev–Trinajstić information content (AvgIpc) is 2.69. The van der Waals surface area contributed by atoms with Crippen molar-refractivity contribution in [2.45, 2.75) is 6.54 Å². The molecule has 0 fully saturated rings. The second-order valence-corrected chi connectivity index (χ2v) is 2.84. The van der Waals surface area contributed by atoms with Crippen LogP contribution in [0.4, 0.5) is 16.1 Å². The van der Waals surface area contributed by atoms with Crippen molar-refractivity contribution in [3.63, 3.8) is 0 Å². The minimum atomic E-state index is -0.297. The summed E-state index contributed by atoms with van der Waals surface area (Å²) >= 11 is 0. The molecule has 0 radical (unpaired) electrons. The van der Waals surface area contributed by atoms with E-state index in [1.807, 2.05) is 0 Å². The van der Waals surface area contributed by atoms with Crippen LogP contribution in [0.5, 0.6) is 0 Å². The van der Waals surface area contributed by atoms with Gasteiger partial charge in [0.15, 0.2) is 0 Å². The zero-order chi connectivity index (χ0) is 10.7. The number of anilines is 2. The van der Waals surface area contributed by atoms with Crippen LogP contribution in [0.15, 0.2) is 28.7 Å². The van der Waals surface area contributed by atoms with E-state index in [-0.39, 0.29) is 18.4 Å². The topological polar surface area (TPSA) is 77.0 Å². The van der Waals surface area contributed by atoms with E-state index in [1.54, 1.807) is 12.1 Å². The van der Waals surface area contributed by atoms with E-state index < -0.39 is 0 Å². The largest absolute Gasteiger partial charge is 0.406 e. The Morgan fingerprint density at radius 1 is 1.27 bits per heavy atom. The molecule has 5 nitrogen and oxygen atoms in total. The third-order valence-electron chi connectivity index (χ3n) is 1.74. The van der Waals surface area contributed by atoms with Gasteiger partial charge in [0.2, 0.25) is 5.89 Å². The third-order valence-corrected chi connectivity index (χ3v) is 1.74. The highest BCUT2D eigenvalue weighted by Gasteiger charge is 2.03. The lowest BCUT2D eigenvalue weighted by molar-refractivity contribution is 0.511. The predicted molar refractivity (Wildman–Crippen MR) is 51.9 cm³/mol. The first kappa shape index (κ1) is 9.60. The molecule has 1 aromatic carbocycles. The van der Waals surface area contributed by atoms with Gasteiger partial charge >= 0.3 is 6.01 Å². The normalized spacial score (nSPS) is 10.3. The fraction of sp³-hybridized carbons (Fsp3) is 0.111. The van der Waals surface area contributed by atoms with E-state index in [2.05, 4.69) is 15.5 Å². The first-order chi connectivity index (χ1) is 7.28. The SMILES string of the molecule is NCc1nnc(Nc2ccc(F)cc2)o1. The van der Waals surface area contributed by atoms with E-state index in [1.165, 1.54) is 12.1 Å². The summed E-state index contributed by atoms with van der Waals surface area (Å²) < 4.78 is 17.7. The number of aromatic nitrogens is 2. The van der Waals surface area contributed by atoms with Crippen molar-refractivity contribution in [2.75, 3.05) is 5.32 Å². The Labute approximate surface area is 85.1 Å². The lowest BCUT2D eigenvalue weighted by Crippen LogP contribution is -1.95. The van der Waals surface area contributed by atoms with Crippen LogP contribution < -0.4 is 11.1 Å². The van der Waals surface area contributed by atoms with Gasteiger partial charge in [0.25, 0.3) is 0 Å². The maximum absolute atomic E-state index is 12.6. The number of benzene rings is 1. The van der Waals surface area contributed by atoms with Crippen molar-refractivity contribution in [1.29, 1.82) is 0 Å². The van der Waals surface area contributed by atoms with Gasteiger partial charge in [0.1, 0.15) is 5.82 Å². The first-order valence-corrected chi connectivity index (χ1v) is 4.33. The standard InChI is InChI=1S/C9H9FN4O/c10-6-1-3-7(4-2-6)12-9-14-13-8(5-11)15-9/h1-4H,5,11H2,(H,12,14). The zero-order valence-corrected chi connectivity index (χ0v) is 7.77. The molecule has 78 valence electrons. The van der Waals surface area contributed by atoms with Crippen LogP contribution in [0, 0.1) is 5.82 Å². The van der Waals surface area contributed by atoms with E-state index in [0.717, 1.165) is 0 Å². The van der Waals surface area contributed by atoms with Gasteiger partial charge in [-0.2, -0.15) is 0 Å². The number of nitrogens with zero attached hydrogens (tertiary/aromatic N) is 2. The van der Waals surface area contributed by atoms with Crippen LogP contribution in [-0.2, 0) is 6.54 Å². The Bertz CT molecular complexity index is 440. The van der Waals surface area contributed by atoms with Crippen molar-refractivity contribution in [3.05, 3.63) is 36.0 Å². The Morgan fingerprint density at radius 2 is 2.00 bits per heavy atom. The molecule has 0 unspecified atom stereocenters. The van der Waals surface area contributed by atoms with Crippen LogP contribution in [0.2, 0.25) is 0 Å². The Hall–Kier alpha value is -1.95. The molecule has 0 atom stereocenters. The minimum absolute atomic E-state index is 0.193. The van der Waals surface area contributed by atoms with Gasteiger partial charge in [-0.3, -0.25) is 0 Å². The monoisotopic (exact) mass is 208 g/mol. The Morgan fingerprint density at radius 3 is 2.60 bits per heavy atom. The van der Waals surface area contributed by atoms with Crippen LogP contribution in [0.3, 0.4) is 0 Å². The molecule has 0 saturated heterocycles. The quantitative estimate of drug-likeness (QED) is 0.797. The fourth-order valence-corrected chi connectivity index (χ4v) is 1.04. The van der Waals surface area contributed by atoms with Gasteiger partial charge in [-0.05, 0) is 24.3 Å². The van der Waals surface area contributed by atoms with Crippen LogP contribution in [0.1, 0.15) is 5.89 Å². The molecule has 2 aromatic rings. The summed E-state index contributed by atoms with van der Waals surface area (Å²) in [7, 11) is 0. The average molecular weight is 208 g/mol. The molecule has 1 heterocycles. The van der Waals surface area contributed by atoms with Gasteiger partial charge < -0.3 is 15.5 Å². The number of hydrogen-bond acceptors (Lipinski definition) is 5. The smallest absolute Gasteiger partial charge is 0.320 e. The number of rotatable bonds is 3. The molecule has 0 aliphatic carbocycles. The summed E-state index contributed by atoms with van der Waals surface area (Å²) in [5.74, 6) is 0.0494. The highest BCUT2D eigenvalue weighted by atomic mass is 19.1. The molecule has 0 saturated carbocycles. The lowest BCUT2D eigenvalue weighted by Gasteiger charge is -1.99. The van der Waals surface area contributed by atoms with Gasteiger partial charge in [-0.15, -0.1) is 5.10 Å². The minimum Gasteiger partial charge on any atom is -0.406 e.